The molecule has 3 nitrogen and oxygen atoms in total. The van der Waals surface area contributed by atoms with E-state index < -0.39 is 0 Å². The van der Waals surface area contributed by atoms with Gasteiger partial charge in [0.25, 0.3) is 0 Å². The summed E-state index contributed by atoms with van der Waals surface area (Å²) in [5.74, 6) is 1.43. The predicted octanol–water partition coefficient (Wildman–Crippen LogP) is 1.44. The number of rotatable bonds is 5. The van der Waals surface area contributed by atoms with Gasteiger partial charge in [0.05, 0.1) is 5.92 Å². The van der Waals surface area contributed by atoms with Crippen molar-refractivity contribution in [2.24, 2.45) is 5.73 Å². The summed E-state index contributed by atoms with van der Waals surface area (Å²) >= 11 is 1.87. The van der Waals surface area contributed by atoms with Crippen LogP contribution in [0.25, 0.3) is 0 Å². The van der Waals surface area contributed by atoms with Crippen molar-refractivity contribution in [1.29, 1.82) is 0 Å². The molecule has 0 aromatic heterocycles. The summed E-state index contributed by atoms with van der Waals surface area (Å²) < 4.78 is 12.9. The van der Waals surface area contributed by atoms with Gasteiger partial charge in [0, 0.05) is 30.8 Å². The molecule has 1 fully saturated rings. The van der Waals surface area contributed by atoms with Crippen LogP contribution in [0.1, 0.15) is 11.5 Å². The number of carbonyl (C=O) groups excluding carboxylic acids is 1. The summed E-state index contributed by atoms with van der Waals surface area (Å²) in [6.07, 6.45) is 0.862. The number of nitrogens with zero attached hydrogens (tertiary/aromatic N) is 1. The van der Waals surface area contributed by atoms with E-state index in [1.807, 2.05) is 11.8 Å². The van der Waals surface area contributed by atoms with Gasteiger partial charge in [0.1, 0.15) is 12.1 Å². The van der Waals surface area contributed by atoms with Gasteiger partial charge < -0.3 is 10.5 Å². The number of nitrogens with two attached hydrogens (primary N) is 1. The molecule has 0 saturated carbocycles. The van der Waals surface area contributed by atoms with E-state index in [4.69, 9.17) is 5.73 Å². The van der Waals surface area contributed by atoms with Crippen LogP contribution in [0.4, 0.5) is 4.39 Å². The van der Waals surface area contributed by atoms with Gasteiger partial charge in [-0.25, -0.2) is 4.39 Å². The Bertz CT molecular complexity index is 392. The molecule has 1 aliphatic heterocycles. The number of aldehydes is 1. The molecule has 2 N–H and O–H groups in total. The third kappa shape index (κ3) is 3.31. The van der Waals surface area contributed by atoms with Crippen molar-refractivity contribution >= 4 is 18.0 Å². The first-order valence-electron chi connectivity index (χ1n) is 5.97. The lowest BCUT2D eigenvalue weighted by Crippen LogP contribution is -2.40. The Labute approximate surface area is 111 Å². The largest absolute Gasteiger partial charge is 0.326 e. The Balaban J connectivity index is 2.02. The maximum Gasteiger partial charge on any atom is 0.129 e. The average Bonchev–Trinajstić information content (AvgIpc) is 2.85. The van der Waals surface area contributed by atoms with Crippen LogP contribution in [0.2, 0.25) is 0 Å². The number of carbonyl (C=O) groups is 1. The van der Waals surface area contributed by atoms with Crippen molar-refractivity contribution in [3.8, 4) is 0 Å². The Morgan fingerprint density at radius 2 is 2.17 bits per heavy atom. The molecule has 0 bridgehead atoms. The van der Waals surface area contributed by atoms with Gasteiger partial charge in [0.2, 0.25) is 0 Å². The maximum atomic E-state index is 12.9. The van der Waals surface area contributed by atoms with Crippen LogP contribution in [0.3, 0.4) is 0 Å². The average molecular weight is 268 g/mol. The number of hydrogen-bond donors (Lipinski definition) is 1. The predicted molar refractivity (Wildman–Crippen MR) is 72.1 cm³/mol. The summed E-state index contributed by atoms with van der Waals surface area (Å²) in [5.41, 5.74) is 6.89. The molecule has 2 atom stereocenters. The van der Waals surface area contributed by atoms with Crippen molar-refractivity contribution in [2.75, 3.05) is 24.7 Å². The molecular formula is C13H17FN2OS. The Hall–Kier alpha value is -0.910. The monoisotopic (exact) mass is 268 g/mol. The van der Waals surface area contributed by atoms with Gasteiger partial charge in [-0.1, -0.05) is 12.1 Å². The summed E-state index contributed by atoms with van der Waals surface area (Å²) in [7, 11) is 0. The number of halogens is 1. The first kappa shape index (κ1) is 13.5. The smallest absolute Gasteiger partial charge is 0.129 e. The number of hydrogen-bond acceptors (Lipinski definition) is 4. The molecule has 0 unspecified atom stereocenters. The fourth-order valence-corrected chi connectivity index (χ4v) is 3.13. The van der Waals surface area contributed by atoms with Crippen LogP contribution in [0.15, 0.2) is 24.3 Å². The van der Waals surface area contributed by atoms with Crippen molar-refractivity contribution in [3.05, 3.63) is 35.6 Å². The van der Waals surface area contributed by atoms with Gasteiger partial charge in [-0.2, -0.15) is 0 Å². The summed E-state index contributed by atoms with van der Waals surface area (Å²) in [4.78, 5) is 13.5. The molecule has 0 amide bonds. The first-order valence-corrected chi connectivity index (χ1v) is 7.12. The quantitative estimate of drug-likeness (QED) is 0.821. The fourth-order valence-electron chi connectivity index (χ4n) is 2.12. The second-order valence-electron chi connectivity index (χ2n) is 4.49. The zero-order chi connectivity index (χ0) is 13.0. The first-order chi connectivity index (χ1) is 8.70. The molecule has 0 spiro atoms. The van der Waals surface area contributed by atoms with E-state index in [0.29, 0.717) is 6.54 Å². The molecule has 1 aromatic carbocycles. The van der Waals surface area contributed by atoms with Crippen molar-refractivity contribution in [3.63, 3.8) is 0 Å². The molecule has 2 rings (SSSR count). The highest BCUT2D eigenvalue weighted by atomic mass is 32.2. The van der Waals surface area contributed by atoms with Crippen LogP contribution < -0.4 is 5.73 Å². The molecule has 5 heteroatoms. The summed E-state index contributed by atoms with van der Waals surface area (Å²) in [6, 6.07) is 5.75. The second-order valence-corrected chi connectivity index (χ2v) is 5.57. The minimum absolute atomic E-state index is 0.244. The molecule has 0 radical (unpaired) electrons. The SMILES string of the molecule is N[C@H](CN1CCSC1)[C@@H](C=O)c1ccc(F)cc1. The van der Waals surface area contributed by atoms with E-state index in [0.717, 1.165) is 30.0 Å². The Morgan fingerprint density at radius 3 is 2.72 bits per heavy atom. The topological polar surface area (TPSA) is 46.3 Å². The maximum absolute atomic E-state index is 12.9. The Morgan fingerprint density at radius 1 is 1.44 bits per heavy atom. The number of thioether (sulfide) groups is 1. The fraction of sp³-hybridized carbons (Fsp3) is 0.462. The summed E-state index contributed by atoms with van der Waals surface area (Å²) in [6.45, 7) is 1.72. The highest BCUT2D eigenvalue weighted by molar-refractivity contribution is 7.99. The van der Waals surface area contributed by atoms with Crippen LogP contribution in [-0.2, 0) is 4.79 Å². The van der Waals surface area contributed by atoms with E-state index in [9.17, 15) is 9.18 Å². The van der Waals surface area contributed by atoms with Crippen LogP contribution in [0.5, 0.6) is 0 Å². The standard InChI is InChI=1S/C13H17FN2OS/c14-11-3-1-10(2-4-11)12(8-17)13(15)7-16-5-6-18-9-16/h1-4,8,12-13H,5-7,9,15H2/t12-,13+/m0/s1. The van der Waals surface area contributed by atoms with E-state index in [1.165, 1.54) is 12.1 Å². The highest BCUT2D eigenvalue weighted by Crippen LogP contribution is 2.20. The second kappa shape index (κ2) is 6.31. The van der Waals surface area contributed by atoms with E-state index in [1.54, 1.807) is 12.1 Å². The molecular weight excluding hydrogens is 251 g/mol. The van der Waals surface area contributed by atoms with Crippen LogP contribution >= 0.6 is 11.8 Å². The van der Waals surface area contributed by atoms with E-state index in [2.05, 4.69) is 4.90 Å². The Kier molecular flexibility index (Phi) is 4.74. The highest BCUT2D eigenvalue weighted by Gasteiger charge is 2.23. The minimum atomic E-state index is -0.365. The van der Waals surface area contributed by atoms with Crippen molar-refractivity contribution < 1.29 is 9.18 Å². The summed E-state index contributed by atoms with van der Waals surface area (Å²) in [5, 5.41) is 0. The van der Waals surface area contributed by atoms with Gasteiger partial charge in [-0.3, -0.25) is 4.90 Å². The normalized spacial score (nSPS) is 19.7. The third-order valence-electron chi connectivity index (χ3n) is 3.16. The molecule has 1 aliphatic rings. The minimum Gasteiger partial charge on any atom is -0.326 e. The lowest BCUT2D eigenvalue weighted by molar-refractivity contribution is -0.109. The van der Waals surface area contributed by atoms with Crippen LogP contribution in [0, 0.1) is 5.82 Å². The number of benzene rings is 1. The van der Waals surface area contributed by atoms with Crippen molar-refractivity contribution in [2.45, 2.75) is 12.0 Å². The zero-order valence-corrected chi connectivity index (χ0v) is 10.9. The van der Waals surface area contributed by atoms with Gasteiger partial charge >= 0.3 is 0 Å². The van der Waals surface area contributed by atoms with Gasteiger partial charge in [-0.05, 0) is 17.7 Å². The third-order valence-corrected chi connectivity index (χ3v) is 4.18. The molecule has 98 valence electrons. The lowest BCUT2D eigenvalue weighted by atomic mass is 9.93. The molecule has 0 aliphatic carbocycles. The molecule has 1 heterocycles. The molecule has 18 heavy (non-hydrogen) atoms. The molecule has 1 saturated heterocycles. The van der Waals surface area contributed by atoms with E-state index in [-0.39, 0.29) is 17.8 Å². The van der Waals surface area contributed by atoms with E-state index >= 15 is 0 Å². The lowest BCUT2D eigenvalue weighted by Gasteiger charge is -2.24. The molecule has 1 aromatic rings. The zero-order valence-electron chi connectivity index (χ0n) is 10.1. The van der Waals surface area contributed by atoms with Gasteiger partial charge in [-0.15, -0.1) is 11.8 Å². The van der Waals surface area contributed by atoms with Crippen LogP contribution in [-0.4, -0.2) is 41.9 Å². The van der Waals surface area contributed by atoms with Crippen molar-refractivity contribution in [1.82, 2.24) is 4.90 Å². The van der Waals surface area contributed by atoms with Gasteiger partial charge in [0.15, 0.2) is 0 Å².